The maximum atomic E-state index is 12.5. The van der Waals surface area contributed by atoms with Crippen molar-refractivity contribution in [3.8, 4) is 0 Å². The van der Waals surface area contributed by atoms with E-state index in [9.17, 15) is 18.0 Å². The Hall–Kier alpha value is -1.91. The summed E-state index contributed by atoms with van der Waals surface area (Å²) in [6.07, 6.45) is 0.243. The molecule has 2 unspecified atom stereocenters. The molecular formula is C14H18N2O7S. The van der Waals surface area contributed by atoms with E-state index in [0.29, 0.717) is 13.2 Å². The van der Waals surface area contributed by atoms with E-state index in [1.807, 2.05) is 0 Å². The highest BCUT2D eigenvalue weighted by molar-refractivity contribution is 7.89. The number of nitrogens with zero attached hydrogens (tertiary/aromatic N) is 1. The first-order valence-corrected chi connectivity index (χ1v) is 9.00. The van der Waals surface area contributed by atoms with Crippen LogP contribution in [-0.2, 0) is 29.0 Å². The van der Waals surface area contributed by atoms with Gasteiger partial charge in [0.2, 0.25) is 16.1 Å². The van der Waals surface area contributed by atoms with Gasteiger partial charge in [0.1, 0.15) is 16.7 Å². The van der Waals surface area contributed by atoms with Crippen molar-refractivity contribution in [2.24, 2.45) is 0 Å². The molecule has 0 aliphatic carbocycles. The normalized spacial score (nSPS) is 25.5. The van der Waals surface area contributed by atoms with Crippen molar-refractivity contribution < 1.29 is 32.2 Å². The number of morpholine rings is 1. The Labute approximate surface area is 138 Å². The fraction of sp³-hybridized carbons (Fsp3) is 0.571. The quantitative estimate of drug-likeness (QED) is 0.747. The zero-order valence-corrected chi connectivity index (χ0v) is 13.9. The molecule has 2 saturated heterocycles. The van der Waals surface area contributed by atoms with E-state index in [-0.39, 0.29) is 36.2 Å². The van der Waals surface area contributed by atoms with Crippen molar-refractivity contribution in [2.45, 2.75) is 30.4 Å². The summed E-state index contributed by atoms with van der Waals surface area (Å²) in [6.45, 7) is 2.90. The first-order chi connectivity index (χ1) is 11.4. The Morgan fingerprint density at radius 3 is 2.71 bits per heavy atom. The first-order valence-electron chi connectivity index (χ1n) is 7.55. The molecular weight excluding hydrogens is 340 g/mol. The van der Waals surface area contributed by atoms with Crippen LogP contribution in [0, 0.1) is 0 Å². The predicted octanol–water partition coefficient (Wildman–Crippen LogP) is -0.104. The summed E-state index contributed by atoms with van der Waals surface area (Å²) in [7, 11) is -3.70. The van der Waals surface area contributed by atoms with Crippen LogP contribution in [0.2, 0.25) is 0 Å². The van der Waals surface area contributed by atoms with Gasteiger partial charge in [-0.25, -0.2) is 18.0 Å². The van der Waals surface area contributed by atoms with Crippen molar-refractivity contribution in [1.82, 2.24) is 9.29 Å². The fourth-order valence-corrected chi connectivity index (χ4v) is 3.99. The molecule has 0 bridgehead atoms. The van der Waals surface area contributed by atoms with Crippen molar-refractivity contribution in [3.05, 3.63) is 18.0 Å². The molecule has 3 rings (SSSR count). The number of aromatic amines is 1. The minimum atomic E-state index is -3.70. The van der Waals surface area contributed by atoms with Crippen molar-refractivity contribution >= 4 is 22.0 Å². The Morgan fingerprint density at radius 2 is 2.08 bits per heavy atom. The highest BCUT2D eigenvalue weighted by Crippen LogP contribution is 2.21. The third-order valence-corrected chi connectivity index (χ3v) is 5.74. The number of H-pyrrole nitrogens is 1. The van der Waals surface area contributed by atoms with Crippen LogP contribution in [0.5, 0.6) is 0 Å². The molecule has 2 aliphatic rings. The summed E-state index contributed by atoms with van der Waals surface area (Å²) >= 11 is 0. The van der Waals surface area contributed by atoms with Gasteiger partial charge in [-0.1, -0.05) is 0 Å². The van der Waals surface area contributed by atoms with Crippen LogP contribution in [0.4, 0.5) is 0 Å². The number of hydrogen-bond acceptors (Lipinski definition) is 7. The molecule has 10 heteroatoms. The Bertz CT molecular complexity index is 736. The molecule has 2 aliphatic heterocycles. The topological polar surface area (TPSA) is 115 Å². The number of carbonyl (C=O) groups is 2. The van der Waals surface area contributed by atoms with Gasteiger partial charge in [-0.3, -0.25) is 0 Å². The zero-order valence-electron chi connectivity index (χ0n) is 13.1. The summed E-state index contributed by atoms with van der Waals surface area (Å²) in [6, 6.07) is 1.21. The van der Waals surface area contributed by atoms with E-state index in [1.54, 1.807) is 6.92 Å². The lowest BCUT2D eigenvalue weighted by molar-refractivity contribution is -0.147. The summed E-state index contributed by atoms with van der Waals surface area (Å²) in [5.74, 6) is -1.39. The lowest BCUT2D eigenvalue weighted by atomic mass is 10.2. The first kappa shape index (κ1) is 16.9. The summed E-state index contributed by atoms with van der Waals surface area (Å²) < 4.78 is 41.4. The number of hydrogen-bond donors (Lipinski definition) is 1. The standard InChI is InChI=1S/C14H18N2O7S/c1-9-6-12(14(18)22-9)23-13(17)11-7-10(8-15-11)24(19,20)16-2-4-21-5-3-16/h7-9,12,15H,2-6H2,1H3. The van der Waals surface area contributed by atoms with Crippen LogP contribution in [0.15, 0.2) is 17.2 Å². The van der Waals surface area contributed by atoms with Crippen molar-refractivity contribution in [3.63, 3.8) is 0 Å². The Balaban J connectivity index is 1.70. The monoisotopic (exact) mass is 358 g/mol. The highest BCUT2D eigenvalue weighted by atomic mass is 32.2. The number of nitrogens with one attached hydrogen (secondary N) is 1. The SMILES string of the molecule is CC1CC(OC(=O)c2cc(S(=O)(=O)N3CCOCC3)c[nH]2)C(=O)O1. The number of carbonyl (C=O) groups excluding carboxylic acids is 2. The van der Waals surface area contributed by atoms with E-state index < -0.39 is 28.1 Å². The van der Waals surface area contributed by atoms with Gasteiger partial charge in [0.05, 0.1) is 13.2 Å². The molecule has 3 heterocycles. The van der Waals surface area contributed by atoms with Gasteiger partial charge in [-0.05, 0) is 13.0 Å². The largest absolute Gasteiger partial charge is 0.460 e. The van der Waals surface area contributed by atoms with E-state index in [2.05, 4.69) is 4.98 Å². The van der Waals surface area contributed by atoms with E-state index in [0.717, 1.165) is 0 Å². The lowest BCUT2D eigenvalue weighted by Crippen LogP contribution is -2.40. The second-order valence-corrected chi connectivity index (χ2v) is 7.58. The number of rotatable bonds is 4. The summed E-state index contributed by atoms with van der Waals surface area (Å²) in [5, 5.41) is 0. The number of cyclic esters (lactones) is 1. The number of ether oxygens (including phenoxy) is 3. The molecule has 2 fully saturated rings. The molecule has 0 radical (unpaired) electrons. The van der Waals surface area contributed by atoms with Gasteiger partial charge in [-0.2, -0.15) is 4.31 Å². The smallest absolute Gasteiger partial charge is 0.355 e. The molecule has 24 heavy (non-hydrogen) atoms. The van der Waals surface area contributed by atoms with E-state index in [4.69, 9.17) is 14.2 Å². The lowest BCUT2D eigenvalue weighted by Gasteiger charge is -2.25. The van der Waals surface area contributed by atoms with Gasteiger partial charge < -0.3 is 19.2 Å². The molecule has 9 nitrogen and oxygen atoms in total. The third kappa shape index (κ3) is 3.30. The van der Waals surface area contributed by atoms with E-state index >= 15 is 0 Å². The average Bonchev–Trinajstić information content (AvgIpc) is 3.16. The summed E-state index contributed by atoms with van der Waals surface area (Å²) in [4.78, 5) is 26.1. The molecule has 0 aromatic carbocycles. The second-order valence-electron chi connectivity index (χ2n) is 5.64. The predicted molar refractivity (Wildman–Crippen MR) is 79.7 cm³/mol. The third-order valence-electron chi connectivity index (χ3n) is 3.86. The molecule has 1 aromatic heterocycles. The zero-order chi connectivity index (χ0) is 17.3. The van der Waals surface area contributed by atoms with Crippen LogP contribution >= 0.6 is 0 Å². The average molecular weight is 358 g/mol. The molecule has 1 aromatic rings. The fourth-order valence-electron chi connectivity index (χ4n) is 2.59. The van der Waals surface area contributed by atoms with Gasteiger partial charge in [0.15, 0.2) is 0 Å². The minimum Gasteiger partial charge on any atom is -0.460 e. The minimum absolute atomic E-state index is 0.0290. The molecule has 1 N–H and O–H groups in total. The summed E-state index contributed by atoms with van der Waals surface area (Å²) in [5.41, 5.74) is -0.0332. The van der Waals surface area contributed by atoms with Crippen LogP contribution in [-0.4, -0.2) is 68.2 Å². The van der Waals surface area contributed by atoms with Crippen LogP contribution in [0.25, 0.3) is 0 Å². The number of aromatic nitrogens is 1. The van der Waals surface area contributed by atoms with Crippen LogP contribution in [0.3, 0.4) is 0 Å². The molecule has 0 amide bonds. The Morgan fingerprint density at radius 1 is 1.38 bits per heavy atom. The number of sulfonamides is 1. The van der Waals surface area contributed by atoms with Crippen LogP contribution in [0.1, 0.15) is 23.8 Å². The molecule has 132 valence electrons. The second kappa shape index (κ2) is 6.54. The van der Waals surface area contributed by atoms with Gasteiger partial charge in [0, 0.05) is 25.7 Å². The molecule has 0 saturated carbocycles. The van der Waals surface area contributed by atoms with Crippen molar-refractivity contribution in [1.29, 1.82) is 0 Å². The van der Waals surface area contributed by atoms with Crippen molar-refractivity contribution in [2.75, 3.05) is 26.3 Å². The molecule has 2 atom stereocenters. The van der Waals surface area contributed by atoms with Gasteiger partial charge in [-0.15, -0.1) is 0 Å². The highest BCUT2D eigenvalue weighted by Gasteiger charge is 2.36. The number of esters is 2. The maximum Gasteiger partial charge on any atom is 0.355 e. The Kier molecular flexibility index (Phi) is 4.61. The van der Waals surface area contributed by atoms with Gasteiger partial charge in [0.25, 0.3) is 0 Å². The van der Waals surface area contributed by atoms with Gasteiger partial charge >= 0.3 is 11.9 Å². The van der Waals surface area contributed by atoms with Crippen LogP contribution < -0.4 is 0 Å². The van der Waals surface area contributed by atoms with E-state index in [1.165, 1.54) is 16.6 Å². The maximum absolute atomic E-state index is 12.5. The molecule has 0 spiro atoms.